The van der Waals surface area contributed by atoms with E-state index in [1.807, 2.05) is 6.92 Å². The van der Waals surface area contributed by atoms with E-state index in [1.54, 1.807) is 35.9 Å². The Morgan fingerprint density at radius 1 is 1.37 bits per heavy atom. The summed E-state index contributed by atoms with van der Waals surface area (Å²) in [6, 6.07) is 6.70. The lowest BCUT2D eigenvalue weighted by atomic mass is 10.2. The lowest BCUT2D eigenvalue weighted by Gasteiger charge is -2.09. The Kier molecular flexibility index (Phi) is 4.44. The van der Waals surface area contributed by atoms with Gasteiger partial charge in [0.15, 0.2) is 0 Å². The Labute approximate surface area is 120 Å². The quantitative estimate of drug-likeness (QED) is 0.881. The zero-order chi connectivity index (χ0) is 13.8. The van der Waals surface area contributed by atoms with Crippen LogP contribution < -0.4 is 5.43 Å². The molecule has 1 heterocycles. The van der Waals surface area contributed by atoms with Crippen molar-refractivity contribution in [3.63, 3.8) is 0 Å². The molecule has 0 spiro atoms. The van der Waals surface area contributed by atoms with Gasteiger partial charge in [-0.1, -0.05) is 30.3 Å². The number of nitrogens with zero attached hydrogens (tertiary/aromatic N) is 3. The number of hydrogen-bond acceptors (Lipinski definition) is 4. The van der Waals surface area contributed by atoms with Crippen LogP contribution in [0.2, 0.25) is 5.02 Å². The van der Waals surface area contributed by atoms with E-state index < -0.39 is 0 Å². The van der Waals surface area contributed by atoms with E-state index in [2.05, 4.69) is 15.6 Å². The number of thioether (sulfide) groups is 1. The maximum Gasteiger partial charge on any atom is 0.270 e. The molecule has 0 aliphatic rings. The highest BCUT2D eigenvalue weighted by atomic mass is 35.5. The zero-order valence-electron chi connectivity index (χ0n) is 10.6. The summed E-state index contributed by atoms with van der Waals surface area (Å²) in [4.78, 5) is 12.1. The summed E-state index contributed by atoms with van der Waals surface area (Å²) in [7, 11) is 0. The average Bonchev–Trinajstić information content (AvgIpc) is 2.73. The Morgan fingerprint density at radius 3 is 2.68 bits per heavy atom. The van der Waals surface area contributed by atoms with E-state index in [9.17, 15) is 4.79 Å². The molecule has 1 aromatic heterocycles. The van der Waals surface area contributed by atoms with Crippen LogP contribution in [0.1, 0.15) is 23.1 Å². The molecule has 0 unspecified atom stereocenters. The van der Waals surface area contributed by atoms with E-state index >= 15 is 0 Å². The van der Waals surface area contributed by atoms with Crippen molar-refractivity contribution >= 4 is 29.3 Å². The normalized spacial score (nSPS) is 10.5. The minimum absolute atomic E-state index is 0.225. The smallest absolute Gasteiger partial charge is 0.267 e. The molecule has 19 heavy (non-hydrogen) atoms. The molecule has 0 aliphatic heterocycles. The number of halogens is 1. The van der Waals surface area contributed by atoms with E-state index in [4.69, 9.17) is 11.6 Å². The number of hydrogen-bond donors (Lipinski definition) is 1. The molecule has 0 fully saturated rings. The number of nitrogens with one attached hydrogen (secondary N) is 1. The molecule has 1 N–H and O–H groups in total. The van der Waals surface area contributed by atoms with Crippen LogP contribution in [0.4, 0.5) is 0 Å². The lowest BCUT2D eigenvalue weighted by molar-refractivity contribution is 0.101. The summed E-state index contributed by atoms with van der Waals surface area (Å²) in [6.45, 7) is 3.80. The highest BCUT2D eigenvalue weighted by Crippen LogP contribution is 2.15. The molecule has 5 nitrogen and oxygen atoms in total. The zero-order valence-corrected chi connectivity index (χ0v) is 12.1. The summed E-state index contributed by atoms with van der Waals surface area (Å²) in [5, 5.41) is 9.22. The molecule has 7 heteroatoms. The fourth-order valence-electron chi connectivity index (χ4n) is 1.46. The fraction of sp³-hybridized carbons (Fsp3) is 0.250. The summed E-state index contributed by atoms with van der Waals surface area (Å²) in [5.74, 6) is 1.27. The standard InChI is InChI=1S/C12H13ClN4OS/c1-3-19-12-15-14-8(2)17(12)16-11(18)9-4-6-10(13)7-5-9/h4-7H,3H2,1-2H3,(H,16,18). The third kappa shape index (κ3) is 3.27. The van der Waals surface area contributed by atoms with Gasteiger partial charge in [-0.15, -0.1) is 10.2 Å². The number of carbonyl (C=O) groups excluding carboxylic acids is 1. The fourth-order valence-corrected chi connectivity index (χ4v) is 2.25. The molecule has 0 aliphatic carbocycles. The Hall–Kier alpha value is -1.53. The minimum Gasteiger partial charge on any atom is -0.267 e. The third-order valence-electron chi connectivity index (χ3n) is 2.39. The van der Waals surface area contributed by atoms with Crippen molar-refractivity contribution < 1.29 is 4.79 Å². The van der Waals surface area contributed by atoms with Crippen molar-refractivity contribution in [2.75, 3.05) is 11.2 Å². The van der Waals surface area contributed by atoms with Crippen molar-refractivity contribution in [2.24, 2.45) is 0 Å². The number of benzene rings is 1. The Balaban J connectivity index is 2.19. The van der Waals surface area contributed by atoms with E-state index in [0.29, 0.717) is 21.6 Å². The number of aryl methyl sites for hydroxylation is 1. The SMILES string of the molecule is CCSc1nnc(C)n1NC(=O)c1ccc(Cl)cc1. The molecular weight excluding hydrogens is 284 g/mol. The second-order valence-electron chi connectivity index (χ2n) is 3.75. The van der Waals surface area contributed by atoms with Crippen LogP contribution in [-0.4, -0.2) is 26.5 Å². The second kappa shape index (κ2) is 6.08. The van der Waals surface area contributed by atoms with Crippen LogP contribution in [0.15, 0.2) is 29.4 Å². The highest BCUT2D eigenvalue weighted by Gasteiger charge is 2.12. The largest absolute Gasteiger partial charge is 0.270 e. The molecule has 1 amide bonds. The molecule has 0 saturated heterocycles. The van der Waals surface area contributed by atoms with Gasteiger partial charge in [-0.3, -0.25) is 10.2 Å². The van der Waals surface area contributed by atoms with E-state index in [0.717, 1.165) is 5.75 Å². The van der Waals surface area contributed by atoms with Gasteiger partial charge in [0.2, 0.25) is 5.16 Å². The van der Waals surface area contributed by atoms with Gasteiger partial charge in [0, 0.05) is 10.6 Å². The van der Waals surface area contributed by atoms with Crippen molar-refractivity contribution in [3.8, 4) is 0 Å². The molecule has 0 saturated carbocycles. The van der Waals surface area contributed by atoms with Gasteiger partial charge in [0.1, 0.15) is 5.82 Å². The predicted octanol–water partition coefficient (Wildman–Crippen LogP) is 2.74. The van der Waals surface area contributed by atoms with Crippen LogP contribution in [0.5, 0.6) is 0 Å². The molecule has 1 aromatic carbocycles. The first-order valence-electron chi connectivity index (χ1n) is 5.73. The number of carbonyl (C=O) groups is 1. The van der Waals surface area contributed by atoms with Gasteiger partial charge in [-0.05, 0) is 36.9 Å². The molecule has 2 aromatic rings. The number of amides is 1. The third-order valence-corrected chi connectivity index (χ3v) is 3.45. The summed E-state index contributed by atoms with van der Waals surface area (Å²) >= 11 is 7.31. The summed E-state index contributed by atoms with van der Waals surface area (Å²) < 4.78 is 1.59. The minimum atomic E-state index is -0.225. The second-order valence-corrected chi connectivity index (χ2v) is 5.41. The van der Waals surface area contributed by atoms with Gasteiger partial charge < -0.3 is 0 Å². The molecule has 100 valence electrons. The molecule has 0 radical (unpaired) electrons. The van der Waals surface area contributed by atoms with Gasteiger partial charge in [-0.25, -0.2) is 4.68 Å². The van der Waals surface area contributed by atoms with Crippen LogP contribution in [0.3, 0.4) is 0 Å². The van der Waals surface area contributed by atoms with Crippen LogP contribution in [0, 0.1) is 6.92 Å². The highest BCUT2D eigenvalue weighted by molar-refractivity contribution is 7.99. The maximum atomic E-state index is 12.1. The van der Waals surface area contributed by atoms with Crippen LogP contribution >= 0.6 is 23.4 Å². The van der Waals surface area contributed by atoms with Gasteiger partial charge >= 0.3 is 0 Å². The summed E-state index contributed by atoms with van der Waals surface area (Å²) in [5.41, 5.74) is 3.30. The van der Waals surface area contributed by atoms with Crippen LogP contribution in [-0.2, 0) is 0 Å². The van der Waals surface area contributed by atoms with Gasteiger partial charge in [0.25, 0.3) is 5.91 Å². The first-order chi connectivity index (χ1) is 9.11. The van der Waals surface area contributed by atoms with Crippen molar-refractivity contribution in [1.29, 1.82) is 0 Å². The maximum absolute atomic E-state index is 12.1. The summed E-state index contributed by atoms with van der Waals surface area (Å²) in [6.07, 6.45) is 0. The average molecular weight is 297 g/mol. The van der Waals surface area contributed by atoms with E-state index in [-0.39, 0.29) is 5.91 Å². The molecular formula is C12H13ClN4OS. The topological polar surface area (TPSA) is 59.8 Å². The van der Waals surface area contributed by atoms with Gasteiger partial charge in [-0.2, -0.15) is 0 Å². The number of rotatable bonds is 4. The monoisotopic (exact) mass is 296 g/mol. The lowest BCUT2D eigenvalue weighted by Crippen LogP contribution is -2.24. The predicted molar refractivity (Wildman–Crippen MR) is 76.3 cm³/mol. The Bertz CT molecular complexity index is 582. The van der Waals surface area contributed by atoms with Crippen molar-refractivity contribution in [1.82, 2.24) is 14.9 Å². The van der Waals surface area contributed by atoms with E-state index in [1.165, 1.54) is 11.8 Å². The Morgan fingerprint density at radius 2 is 2.05 bits per heavy atom. The van der Waals surface area contributed by atoms with Crippen molar-refractivity contribution in [2.45, 2.75) is 19.0 Å². The molecule has 0 atom stereocenters. The molecule has 2 rings (SSSR count). The van der Waals surface area contributed by atoms with Crippen molar-refractivity contribution in [3.05, 3.63) is 40.7 Å². The van der Waals surface area contributed by atoms with Crippen LogP contribution in [0.25, 0.3) is 0 Å². The molecule has 0 bridgehead atoms. The van der Waals surface area contributed by atoms with Gasteiger partial charge in [0.05, 0.1) is 0 Å². The number of aromatic nitrogens is 3. The first-order valence-corrected chi connectivity index (χ1v) is 7.10. The first kappa shape index (κ1) is 13.9.